The minimum absolute atomic E-state index is 0.844. The normalized spacial score (nSPS) is 18.5. The molecule has 0 bridgehead atoms. The first-order chi connectivity index (χ1) is 8.70. The summed E-state index contributed by atoms with van der Waals surface area (Å²) < 4.78 is 0. The monoisotopic (exact) mass is 255 g/mol. The van der Waals surface area contributed by atoms with Crippen LogP contribution in [0.1, 0.15) is 44.9 Å². The van der Waals surface area contributed by atoms with Crippen LogP contribution in [0, 0.1) is 0 Å². The summed E-state index contributed by atoms with van der Waals surface area (Å²) in [5.74, 6) is 0. The van der Waals surface area contributed by atoms with Crippen molar-refractivity contribution in [1.29, 1.82) is 0 Å². The zero-order chi connectivity index (χ0) is 13.2. The van der Waals surface area contributed by atoms with Crippen LogP contribution in [-0.4, -0.2) is 63.2 Å². The Balaban J connectivity index is 2.00. The van der Waals surface area contributed by atoms with Crippen molar-refractivity contribution in [2.75, 3.05) is 47.3 Å². The van der Waals surface area contributed by atoms with Gasteiger partial charge in [0, 0.05) is 19.1 Å². The number of likely N-dealkylation sites (N-methyl/N-ethyl adjacent to an activating group) is 1. The van der Waals surface area contributed by atoms with E-state index in [1.54, 1.807) is 0 Å². The summed E-state index contributed by atoms with van der Waals surface area (Å²) in [7, 11) is 6.58. The second-order valence-corrected chi connectivity index (χ2v) is 6.03. The van der Waals surface area contributed by atoms with Crippen molar-refractivity contribution < 1.29 is 0 Å². The molecule has 1 aliphatic rings. The summed E-state index contributed by atoms with van der Waals surface area (Å²) in [5.41, 5.74) is 0. The summed E-state index contributed by atoms with van der Waals surface area (Å²) in [6, 6.07) is 0.844. The fourth-order valence-corrected chi connectivity index (χ4v) is 2.78. The number of rotatable bonds is 8. The average Bonchev–Trinajstić information content (AvgIpc) is 2.61. The summed E-state index contributed by atoms with van der Waals surface area (Å²) >= 11 is 0. The highest BCUT2D eigenvalue weighted by molar-refractivity contribution is 4.72. The topological polar surface area (TPSA) is 18.5 Å². The van der Waals surface area contributed by atoms with Crippen LogP contribution in [-0.2, 0) is 0 Å². The first-order valence-electron chi connectivity index (χ1n) is 7.76. The van der Waals surface area contributed by atoms with Crippen LogP contribution in [0.4, 0.5) is 0 Å². The Bertz CT molecular complexity index is 186. The molecule has 18 heavy (non-hydrogen) atoms. The van der Waals surface area contributed by atoms with Gasteiger partial charge in [-0.05, 0) is 53.5 Å². The van der Waals surface area contributed by atoms with Crippen LogP contribution >= 0.6 is 0 Å². The fourth-order valence-electron chi connectivity index (χ4n) is 2.78. The van der Waals surface area contributed by atoms with E-state index in [2.05, 4.69) is 36.3 Å². The van der Waals surface area contributed by atoms with Crippen molar-refractivity contribution in [1.82, 2.24) is 15.1 Å². The van der Waals surface area contributed by atoms with Crippen molar-refractivity contribution in [2.45, 2.75) is 51.0 Å². The lowest BCUT2D eigenvalue weighted by molar-refractivity contribution is 0.221. The van der Waals surface area contributed by atoms with Gasteiger partial charge >= 0.3 is 0 Å². The van der Waals surface area contributed by atoms with Crippen LogP contribution in [0.25, 0.3) is 0 Å². The standard InChI is InChI=1S/C15H33N3/c1-17(2)13-8-11-16-12-14-18(3)15-9-6-4-5-7-10-15/h15-16H,4-14H2,1-3H3. The molecule has 108 valence electrons. The van der Waals surface area contributed by atoms with E-state index >= 15 is 0 Å². The van der Waals surface area contributed by atoms with Crippen molar-refractivity contribution in [2.24, 2.45) is 0 Å². The zero-order valence-electron chi connectivity index (χ0n) is 12.7. The van der Waals surface area contributed by atoms with Gasteiger partial charge in [-0.25, -0.2) is 0 Å². The predicted molar refractivity (Wildman–Crippen MR) is 80.2 cm³/mol. The first-order valence-corrected chi connectivity index (χ1v) is 7.76. The number of hydrogen-bond acceptors (Lipinski definition) is 3. The van der Waals surface area contributed by atoms with Crippen LogP contribution in [0.5, 0.6) is 0 Å². The molecule has 0 atom stereocenters. The van der Waals surface area contributed by atoms with E-state index in [1.807, 2.05) is 0 Å². The maximum Gasteiger partial charge on any atom is 0.0107 e. The van der Waals surface area contributed by atoms with E-state index in [-0.39, 0.29) is 0 Å². The first kappa shape index (κ1) is 15.9. The molecule has 0 radical (unpaired) electrons. The molecule has 0 amide bonds. The van der Waals surface area contributed by atoms with E-state index in [1.165, 1.54) is 58.0 Å². The second-order valence-electron chi connectivity index (χ2n) is 6.03. The maximum atomic E-state index is 3.56. The molecule has 3 heteroatoms. The highest BCUT2D eigenvalue weighted by Crippen LogP contribution is 2.20. The van der Waals surface area contributed by atoms with E-state index in [0.29, 0.717) is 0 Å². The molecule has 3 nitrogen and oxygen atoms in total. The number of hydrogen-bond donors (Lipinski definition) is 1. The molecule has 1 fully saturated rings. The summed E-state index contributed by atoms with van der Waals surface area (Å²) in [6.07, 6.45) is 9.85. The van der Waals surface area contributed by atoms with Crippen molar-refractivity contribution in [3.63, 3.8) is 0 Å². The summed E-state index contributed by atoms with van der Waals surface area (Å²) in [4.78, 5) is 4.82. The van der Waals surface area contributed by atoms with Crippen LogP contribution < -0.4 is 5.32 Å². The molecule has 1 N–H and O–H groups in total. The molecule has 0 heterocycles. The molecule has 0 aromatic rings. The van der Waals surface area contributed by atoms with Gasteiger partial charge in [0.1, 0.15) is 0 Å². The van der Waals surface area contributed by atoms with Gasteiger partial charge in [0.2, 0.25) is 0 Å². The molecule has 1 aliphatic carbocycles. The van der Waals surface area contributed by atoms with Crippen molar-refractivity contribution in [3.8, 4) is 0 Å². The van der Waals surface area contributed by atoms with Gasteiger partial charge in [-0.15, -0.1) is 0 Å². The Morgan fingerprint density at radius 3 is 2.17 bits per heavy atom. The minimum atomic E-state index is 0.844. The van der Waals surface area contributed by atoms with Crippen molar-refractivity contribution >= 4 is 0 Å². The smallest absolute Gasteiger partial charge is 0.0107 e. The van der Waals surface area contributed by atoms with Crippen LogP contribution in [0.3, 0.4) is 0 Å². The Morgan fingerprint density at radius 1 is 0.889 bits per heavy atom. The third kappa shape index (κ3) is 7.34. The molecule has 1 saturated carbocycles. The molecule has 0 aliphatic heterocycles. The van der Waals surface area contributed by atoms with E-state index in [4.69, 9.17) is 0 Å². The van der Waals surface area contributed by atoms with Crippen LogP contribution in [0.15, 0.2) is 0 Å². The third-order valence-electron chi connectivity index (χ3n) is 4.05. The Hall–Kier alpha value is -0.120. The molecular weight excluding hydrogens is 222 g/mol. The molecular formula is C15H33N3. The third-order valence-corrected chi connectivity index (χ3v) is 4.05. The average molecular weight is 255 g/mol. The second kappa shape index (κ2) is 9.76. The molecule has 0 aromatic heterocycles. The minimum Gasteiger partial charge on any atom is -0.315 e. The number of nitrogens with one attached hydrogen (secondary N) is 1. The molecule has 0 aromatic carbocycles. The fraction of sp³-hybridized carbons (Fsp3) is 1.00. The number of nitrogens with zero attached hydrogens (tertiary/aromatic N) is 2. The van der Waals surface area contributed by atoms with Gasteiger partial charge < -0.3 is 15.1 Å². The highest BCUT2D eigenvalue weighted by Gasteiger charge is 2.15. The predicted octanol–water partition coefficient (Wildman–Crippen LogP) is 2.18. The van der Waals surface area contributed by atoms with Gasteiger partial charge in [-0.1, -0.05) is 25.7 Å². The molecule has 1 rings (SSSR count). The van der Waals surface area contributed by atoms with E-state index in [0.717, 1.165) is 19.1 Å². The Kier molecular flexibility index (Phi) is 8.64. The lowest BCUT2D eigenvalue weighted by atomic mass is 10.1. The van der Waals surface area contributed by atoms with Crippen molar-refractivity contribution in [3.05, 3.63) is 0 Å². The summed E-state index contributed by atoms with van der Waals surface area (Å²) in [5, 5.41) is 3.56. The summed E-state index contributed by atoms with van der Waals surface area (Å²) in [6.45, 7) is 4.68. The molecule has 0 unspecified atom stereocenters. The van der Waals surface area contributed by atoms with Gasteiger partial charge in [-0.2, -0.15) is 0 Å². The van der Waals surface area contributed by atoms with Gasteiger partial charge in [0.05, 0.1) is 0 Å². The van der Waals surface area contributed by atoms with Gasteiger partial charge in [-0.3, -0.25) is 0 Å². The molecule has 0 saturated heterocycles. The van der Waals surface area contributed by atoms with Gasteiger partial charge in [0.25, 0.3) is 0 Å². The zero-order valence-corrected chi connectivity index (χ0v) is 12.7. The highest BCUT2D eigenvalue weighted by atomic mass is 15.1. The van der Waals surface area contributed by atoms with E-state index < -0.39 is 0 Å². The van der Waals surface area contributed by atoms with Gasteiger partial charge in [0.15, 0.2) is 0 Å². The largest absolute Gasteiger partial charge is 0.315 e. The van der Waals surface area contributed by atoms with Crippen LogP contribution in [0.2, 0.25) is 0 Å². The quantitative estimate of drug-likeness (QED) is 0.530. The van der Waals surface area contributed by atoms with E-state index in [9.17, 15) is 0 Å². The Morgan fingerprint density at radius 2 is 1.56 bits per heavy atom. The Labute approximate surface area is 114 Å². The lowest BCUT2D eigenvalue weighted by Gasteiger charge is -2.27. The maximum absolute atomic E-state index is 3.56. The molecule has 0 spiro atoms. The lowest BCUT2D eigenvalue weighted by Crippen LogP contribution is -2.37. The SMILES string of the molecule is CN(C)CCCNCCN(C)C1CCCCCC1.